The van der Waals surface area contributed by atoms with Gasteiger partial charge in [0.25, 0.3) is 0 Å². The molecule has 0 aromatic heterocycles. The van der Waals surface area contributed by atoms with Crippen LogP contribution in [0.2, 0.25) is 0 Å². The molecular weight excluding hydrogens is 496 g/mol. The molecular formula is C24H36N8O6. The van der Waals surface area contributed by atoms with Gasteiger partial charge in [-0.15, -0.1) is 0 Å². The van der Waals surface area contributed by atoms with E-state index in [1.807, 2.05) is 0 Å². The molecule has 1 aliphatic rings. The van der Waals surface area contributed by atoms with E-state index in [0.717, 1.165) is 0 Å². The van der Waals surface area contributed by atoms with Gasteiger partial charge in [0, 0.05) is 19.5 Å². The number of aliphatic carboxylic acids is 1. The molecule has 0 bridgehead atoms. The predicted octanol–water partition coefficient (Wildman–Crippen LogP) is -2.47. The number of rotatable bonds is 14. The highest BCUT2D eigenvalue weighted by molar-refractivity contribution is 5.95. The fraction of sp³-hybridized carbons (Fsp3) is 0.500. The number of carboxylic acids is 1. The van der Waals surface area contributed by atoms with Crippen molar-refractivity contribution in [3.8, 4) is 0 Å². The van der Waals surface area contributed by atoms with Gasteiger partial charge < -0.3 is 43.6 Å². The first kappa shape index (κ1) is 30.0. The van der Waals surface area contributed by atoms with Crippen molar-refractivity contribution in [3.05, 3.63) is 35.9 Å². The number of carbonyl (C=O) groups is 5. The summed E-state index contributed by atoms with van der Waals surface area (Å²) < 4.78 is 0. The van der Waals surface area contributed by atoms with E-state index in [1.54, 1.807) is 30.3 Å². The van der Waals surface area contributed by atoms with Gasteiger partial charge in [-0.25, -0.2) is 4.79 Å². The van der Waals surface area contributed by atoms with Crippen LogP contribution in [0.1, 0.15) is 37.7 Å². The SMILES string of the molecule is NC(=O)CC(NC(=O)C(Cc1ccccc1)NC(=O)C1CCCN1C(=O)C(N)CCCN=C(N)N)C(=O)O. The van der Waals surface area contributed by atoms with Crippen LogP contribution < -0.4 is 33.6 Å². The maximum Gasteiger partial charge on any atom is 0.326 e. The highest BCUT2D eigenvalue weighted by Gasteiger charge is 2.38. The Labute approximate surface area is 220 Å². The fourth-order valence-electron chi connectivity index (χ4n) is 4.16. The molecule has 1 aromatic rings. The molecule has 1 aliphatic heterocycles. The zero-order valence-electron chi connectivity index (χ0n) is 21.0. The van der Waals surface area contributed by atoms with E-state index >= 15 is 0 Å². The second kappa shape index (κ2) is 14.5. The van der Waals surface area contributed by atoms with E-state index in [4.69, 9.17) is 22.9 Å². The van der Waals surface area contributed by atoms with Crippen LogP contribution in [0.15, 0.2) is 35.3 Å². The third-order valence-electron chi connectivity index (χ3n) is 6.06. The molecule has 11 N–H and O–H groups in total. The molecule has 2 rings (SSSR count). The molecule has 14 heteroatoms. The maximum absolute atomic E-state index is 13.3. The molecule has 4 amide bonds. The summed E-state index contributed by atoms with van der Waals surface area (Å²) in [6.07, 6.45) is 1.17. The van der Waals surface area contributed by atoms with Gasteiger partial charge in [0.2, 0.25) is 23.6 Å². The van der Waals surface area contributed by atoms with Crippen LogP contribution in [-0.2, 0) is 30.4 Å². The first-order valence-corrected chi connectivity index (χ1v) is 12.3. The molecule has 1 saturated heterocycles. The lowest BCUT2D eigenvalue weighted by Gasteiger charge is -2.28. The second-order valence-corrected chi connectivity index (χ2v) is 9.07. The van der Waals surface area contributed by atoms with Crippen LogP contribution in [0.4, 0.5) is 0 Å². The van der Waals surface area contributed by atoms with Gasteiger partial charge in [0.05, 0.1) is 12.5 Å². The monoisotopic (exact) mass is 532 g/mol. The van der Waals surface area contributed by atoms with Crippen molar-refractivity contribution in [2.45, 2.75) is 62.7 Å². The number of hydrogen-bond donors (Lipinski definition) is 7. The summed E-state index contributed by atoms with van der Waals surface area (Å²) in [5, 5.41) is 14.3. The Bertz CT molecular complexity index is 1030. The van der Waals surface area contributed by atoms with Gasteiger partial charge in [-0.05, 0) is 31.2 Å². The quantitative estimate of drug-likeness (QED) is 0.0760. The molecule has 1 heterocycles. The van der Waals surface area contributed by atoms with E-state index in [0.29, 0.717) is 44.3 Å². The van der Waals surface area contributed by atoms with Crippen LogP contribution in [0.5, 0.6) is 0 Å². The van der Waals surface area contributed by atoms with Crippen LogP contribution in [-0.4, -0.2) is 82.8 Å². The summed E-state index contributed by atoms with van der Waals surface area (Å²) >= 11 is 0. The third kappa shape index (κ3) is 9.35. The lowest BCUT2D eigenvalue weighted by molar-refractivity contribution is -0.144. The Kier molecular flexibility index (Phi) is 11.5. The molecule has 4 atom stereocenters. The smallest absolute Gasteiger partial charge is 0.326 e. The topological polar surface area (TPSA) is 249 Å². The lowest BCUT2D eigenvalue weighted by Crippen LogP contribution is -2.57. The number of benzene rings is 1. The van der Waals surface area contributed by atoms with Crippen molar-refractivity contribution in [2.24, 2.45) is 27.9 Å². The normalized spacial score (nSPS) is 17.1. The van der Waals surface area contributed by atoms with Gasteiger partial charge in [-0.1, -0.05) is 30.3 Å². The average molecular weight is 533 g/mol. The molecule has 0 radical (unpaired) electrons. The second-order valence-electron chi connectivity index (χ2n) is 9.07. The van der Waals surface area contributed by atoms with E-state index in [-0.39, 0.29) is 12.4 Å². The van der Waals surface area contributed by atoms with Crippen LogP contribution >= 0.6 is 0 Å². The van der Waals surface area contributed by atoms with Gasteiger partial charge in [-0.2, -0.15) is 0 Å². The number of carboxylic acid groups (broad SMARTS) is 1. The largest absolute Gasteiger partial charge is 0.480 e. The minimum Gasteiger partial charge on any atom is -0.480 e. The number of hydrogen-bond acceptors (Lipinski definition) is 7. The number of guanidine groups is 1. The number of nitrogens with one attached hydrogen (secondary N) is 2. The zero-order chi connectivity index (χ0) is 28.2. The first-order valence-electron chi connectivity index (χ1n) is 12.3. The van der Waals surface area contributed by atoms with Crippen molar-refractivity contribution < 1.29 is 29.1 Å². The van der Waals surface area contributed by atoms with E-state index in [2.05, 4.69) is 15.6 Å². The Balaban J connectivity index is 2.13. The number of carbonyl (C=O) groups excluding carboxylic acids is 4. The van der Waals surface area contributed by atoms with Gasteiger partial charge >= 0.3 is 5.97 Å². The number of nitrogens with two attached hydrogens (primary N) is 4. The Morgan fingerprint density at radius 3 is 2.34 bits per heavy atom. The number of aliphatic imine (C=N–C) groups is 1. The van der Waals surface area contributed by atoms with E-state index in [1.165, 1.54) is 4.90 Å². The summed E-state index contributed by atoms with van der Waals surface area (Å²) in [7, 11) is 0. The van der Waals surface area contributed by atoms with Crippen molar-refractivity contribution in [1.82, 2.24) is 15.5 Å². The Morgan fingerprint density at radius 2 is 1.74 bits per heavy atom. The first-order chi connectivity index (χ1) is 18.0. The number of amides is 4. The standard InChI is InChI=1S/C24H36N8O6/c25-15(8-4-10-29-24(27)28)22(36)32-11-5-9-18(32)21(35)30-16(12-14-6-2-1-3-7-14)20(34)31-17(23(37)38)13-19(26)33/h1-3,6-7,15-18H,4-5,8-13,25H2,(H2,26,33)(H,30,35)(H,31,34)(H,37,38)(H4,27,28,29). The molecule has 0 spiro atoms. The van der Waals surface area contributed by atoms with Crippen molar-refractivity contribution in [2.75, 3.05) is 13.1 Å². The lowest BCUT2D eigenvalue weighted by atomic mass is 10.0. The molecule has 4 unspecified atom stereocenters. The van der Waals surface area contributed by atoms with Gasteiger partial charge in [-0.3, -0.25) is 24.2 Å². The molecule has 208 valence electrons. The highest BCUT2D eigenvalue weighted by Crippen LogP contribution is 2.20. The molecule has 0 saturated carbocycles. The maximum atomic E-state index is 13.3. The number of nitrogens with zero attached hydrogens (tertiary/aromatic N) is 2. The summed E-state index contributed by atoms with van der Waals surface area (Å²) in [5.41, 5.74) is 22.4. The average Bonchev–Trinajstić information content (AvgIpc) is 3.35. The highest BCUT2D eigenvalue weighted by atomic mass is 16.4. The number of likely N-dealkylation sites (tertiary alicyclic amines) is 1. The van der Waals surface area contributed by atoms with Gasteiger partial charge in [0.15, 0.2) is 5.96 Å². The summed E-state index contributed by atoms with van der Waals surface area (Å²) in [4.78, 5) is 67.3. The molecule has 14 nitrogen and oxygen atoms in total. The fourth-order valence-corrected chi connectivity index (χ4v) is 4.16. The van der Waals surface area contributed by atoms with Crippen LogP contribution in [0, 0.1) is 0 Å². The number of primary amides is 1. The Hall–Kier alpha value is -4.20. The molecule has 1 fully saturated rings. The minimum atomic E-state index is -1.56. The predicted molar refractivity (Wildman–Crippen MR) is 138 cm³/mol. The van der Waals surface area contributed by atoms with Crippen molar-refractivity contribution in [3.63, 3.8) is 0 Å². The summed E-state index contributed by atoms with van der Waals surface area (Å²) in [5.74, 6) is -4.17. The zero-order valence-corrected chi connectivity index (χ0v) is 21.0. The summed E-state index contributed by atoms with van der Waals surface area (Å²) in [6, 6.07) is 4.35. The van der Waals surface area contributed by atoms with E-state index < -0.39 is 60.2 Å². The van der Waals surface area contributed by atoms with Crippen molar-refractivity contribution >= 4 is 35.6 Å². The van der Waals surface area contributed by atoms with Crippen molar-refractivity contribution in [1.29, 1.82) is 0 Å². The van der Waals surface area contributed by atoms with Crippen LogP contribution in [0.3, 0.4) is 0 Å². The van der Waals surface area contributed by atoms with Crippen LogP contribution in [0.25, 0.3) is 0 Å². The summed E-state index contributed by atoms with van der Waals surface area (Å²) in [6.45, 7) is 0.643. The molecule has 1 aromatic carbocycles. The molecule has 0 aliphatic carbocycles. The Morgan fingerprint density at radius 1 is 1.05 bits per heavy atom. The van der Waals surface area contributed by atoms with Gasteiger partial charge in [0.1, 0.15) is 18.1 Å². The molecule has 38 heavy (non-hydrogen) atoms. The third-order valence-corrected chi connectivity index (χ3v) is 6.06. The minimum absolute atomic E-state index is 0.0479. The van der Waals surface area contributed by atoms with E-state index in [9.17, 15) is 29.1 Å².